The minimum atomic E-state index is -0.209. The van der Waals surface area contributed by atoms with Gasteiger partial charge in [0.1, 0.15) is 11.6 Å². The maximum Gasteiger partial charge on any atom is 0.141 e. The van der Waals surface area contributed by atoms with Crippen LogP contribution in [0.3, 0.4) is 0 Å². The molecule has 2 nitrogen and oxygen atoms in total. The van der Waals surface area contributed by atoms with Crippen molar-refractivity contribution in [3.05, 3.63) is 54.3 Å². The Hall–Kier alpha value is -2.16. The molecule has 0 N–H and O–H groups in total. The molecule has 0 bridgehead atoms. The van der Waals surface area contributed by atoms with E-state index in [1.165, 1.54) is 57.1 Å². The third-order valence-electron chi connectivity index (χ3n) is 4.99. The average molecular weight is 352 g/mol. The number of aryl methyl sites for hydroxylation is 1. The van der Waals surface area contributed by atoms with Crippen LogP contribution in [-0.4, -0.2) is 9.55 Å². The molecule has 0 fully saturated rings. The van der Waals surface area contributed by atoms with E-state index in [0.29, 0.717) is 0 Å². The number of para-hydroxylation sites is 2. The predicted octanol–water partition coefficient (Wildman–Crippen LogP) is 6.98. The van der Waals surface area contributed by atoms with E-state index in [1.807, 2.05) is 24.3 Å². The molecule has 0 radical (unpaired) electrons. The first kappa shape index (κ1) is 18.6. The van der Waals surface area contributed by atoms with Gasteiger partial charge in [-0.1, -0.05) is 64.0 Å². The molecule has 0 aliphatic heterocycles. The minimum Gasteiger partial charge on any atom is -0.324 e. The normalized spacial score (nSPS) is 11.3. The number of rotatable bonds is 10. The second kappa shape index (κ2) is 9.51. The number of benzene rings is 2. The fraction of sp³-hybridized carbons (Fsp3) is 0.435. The first-order valence-electron chi connectivity index (χ1n) is 10.0. The Morgan fingerprint density at radius 3 is 2.19 bits per heavy atom. The van der Waals surface area contributed by atoms with Gasteiger partial charge in [-0.2, -0.15) is 0 Å². The van der Waals surface area contributed by atoms with Crippen molar-refractivity contribution in [3.8, 4) is 11.4 Å². The van der Waals surface area contributed by atoms with Gasteiger partial charge in [0.2, 0.25) is 0 Å². The molecule has 0 saturated carbocycles. The zero-order chi connectivity index (χ0) is 18.2. The summed E-state index contributed by atoms with van der Waals surface area (Å²) in [5, 5.41) is 0. The van der Waals surface area contributed by atoms with Crippen LogP contribution in [0.2, 0.25) is 0 Å². The molecule has 3 rings (SSSR count). The lowest BCUT2D eigenvalue weighted by Gasteiger charge is -2.09. The summed E-state index contributed by atoms with van der Waals surface area (Å²) in [4.78, 5) is 4.80. The van der Waals surface area contributed by atoms with E-state index in [-0.39, 0.29) is 5.82 Å². The lowest BCUT2D eigenvalue weighted by Crippen LogP contribution is -2.01. The first-order valence-corrected chi connectivity index (χ1v) is 10.0. The summed E-state index contributed by atoms with van der Waals surface area (Å²) in [5.74, 6) is 0.730. The Morgan fingerprint density at radius 1 is 0.808 bits per heavy atom. The molecule has 0 atom stereocenters. The molecule has 1 heterocycles. The molecule has 26 heavy (non-hydrogen) atoms. The molecule has 3 heteroatoms. The van der Waals surface area contributed by atoms with Crippen LogP contribution >= 0.6 is 0 Å². The molecule has 138 valence electrons. The molecular weight excluding hydrogens is 323 g/mol. The van der Waals surface area contributed by atoms with Crippen molar-refractivity contribution in [2.75, 3.05) is 0 Å². The largest absolute Gasteiger partial charge is 0.324 e. The Labute approximate surface area is 156 Å². The highest BCUT2D eigenvalue weighted by atomic mass is 19.1. The summed E-state index contributed by atoms with van der Waals surface area (Å²) in [6, 6.07) is 14.9. The van der Waals surface area contributed by atoms with E-state index >= 15 is 0 Å². The summed E-state index contributed by atoms with van der Waals surface area (Å²) in [6.07, 6.45) is 10.5. The molecule has 1 aromatic heterocycles. The summed E-state index contributed by atoms with van der Waals surface area (Å²) in [7, 11) is 0. The minimum absolute atomic E-state index is 0.209. The second-order valence-electron chi connectivity index (χ2n) is 7.06. The van der Waals surface area contributed by atoms with Crippen molar-refractivity contribution in [1.29, 1.82) is 0 Å². The van der Waals surface area contributed by atoms with Gasteiger partial charge in [-0.05, 0) is 42.8 Å². The number of nitrogens with zero attached hydrogens (tertiary/aromatic N) is 2. The summed E-state index contributed by atoms with van der Waals surface area (Å²) >= 11 is 0. The number of imidazole rings is 1. The van der Waals surface area contributed by atoms with Crippen LogP contribution in [0.1, 0.15) is 58.3 Å². The van der Waals surface area contributed by atoms with E-state index < -0.39 is 0 Å². The zero-order valence-electron chi connectivity index (χ0n) is 15.8. The maximum atomic E-state index is 13.3. The van der Waals surface area contributed by atoms with Crippen LogP contribution in [0.5, 0.6) is 0 Å². The number of halogens is 1. The van der Waals surface area contributed by atoms with Gasteiger partial charge in [0.15, 0.2) is 0 Å². The van der Waals surface area contributed by atoms with E-state index in [1.54, 1.807) is 0 Å². The lowest BCUT2D eigenvalue weighted by molar-refractivity contribution is 0.549. The van der Waals surface area contributed by atoms with Gasteiger partial charge in [0.05, 0.1) is 11.0 Å². The van der Waals surface area contributed by atoms with Crippen molar-refractivity contribution in [3.63, 3.8) is 0 Å². The van der Waals surface area contributed by atoms with E-state index in [0.717, 1.165) is 35.4 Å². The molecule has 0 unspecified atom stereocenters. The Kier molecular flexibility index (Phi) is 6.82. The standard InChI is InChI=1S/C23H29FN2/c1-2-3-4-5-6-7-8-11-18-26-22-13-10-9-12-21(22)25-23(26)19-14-16-20(24)17-15-19/h9-10,12-17H,2-8,11,18H2,1H3. The van der Waals surface area contributed by atoms with E-state index in [9.17, 15) is 4.39 Å². The van der Waals surface area contributed by atoms with Crippen molar-refractivity contribution < 1.29 is 4.39 Å². The Balaban J connectivity index is 1.66. The third kappa shape index (κ3) is 4.72. The van der Waals surface area contributed by atoms with Crippen molar-refractivity contribution in [1.82, 2.24) is 9.55 Å². The second-order valence-corrected chi connectivity index (χ2v) is 7.06. The summed E-state index contributed by atoms with van der Waals surface area (Å²) in [6.45, 7) is 3.22. The fourth-order valence-electron chi connectivity index (χ4n) is 3.52. The molecule has 2 aromatic carbocycles. The van der Waals surface area contributed by atoms with Crippen molar-refractivity contribution >= 4 is 11.0 Å². The summed E-state index contributed by atoms with van der Waals surface area (Å²) < 4.78 is 15.6. The summed E-state index contributed by atoms with van der Waals surface area (Å²) in [5.41, 5.74) is 3.14. The Bertz CT molecular complexity index is 805. The number of fused-ring (bicyclic) bond motifs is 1. The third-order valence-corrected chi connectivity index (χ3v) is 4.99. The van der Waals surface area contributed by atoms with Crippen LogP contribution in [0.25, 0.3) is 22.4 Å². The van der Waals surface area contributed by atoms with Crippen molar-refractivity contribution in [2.24, 2.45) is 0 Å². The highest BCUT2D eigenvalue weighted by molar-refractivity contribution is 5.80. The predicted molar refractivity (Wildman–Crippen MR) is 108 cm³/mol. The number of aromatic nitrogens is 2. The van der Waals surface area contributed by atoms with E-state index in [4.69, 9.17) is 4.98 Å². The van der Waals surface area contributed by atoms with Gasteiger partial charge in [0.25, 0.3) is 0 Å². The van der Waals surface area contributed by atoms with E-state index in [2.05, 4.69) is 23.6 Å². The number of unbranched alkanes of at least 4 members (excludes halogenated alkanes) is 7. The smallest absolute Gasteiger partial charge is 0.141 e. The zero-order valence-corrected chi connectivity index (χ0v) is 15.8. The Morgan fingerprint density at radius 2 is 1.46 bits per heavy atom. The van der Waals surface area contributed by atoms with Gasteiger partial charge >= 0.3 is 0 Å². The molecule has 3 aromatic rings. The molecular formula is C23H29FN2. The van der Waals surface area contributed by atoms with Gasteiger partial charge in [0, 0.05) is 12.1 Å². The highest BCUT2D eigenvalue weighted by Gasteiger charge is 2.12. The molecule has 0 aliphatic carbocycles. The maximum absolute atomic E-state index is 13.3. The lowest BCUT2D eigenvalue weighted by atomic mass is 10.1. The molecule has 0 aliphatic rings. The molecule has 0 spiro atoms. The number of hydrogen-bond donors (Lipinski definition) is 0. The highest BCUT2D eigenvalue weighted by Crippen LogP contribution is 2.25. The molecule has 0 amide bonds. The SMILES string of the molecule is CCCCCCCCCCn1c(-c2ccc(F)cc2)nc2ccccc21. The monoisotopic (exact) mass is 352 g/mol. The first-order chi connectivity index (χ1) is 12.8. The van der Waals surface area contributed by atoms with Crippen LogP contribution < -0.4 is 0 Å². The van der Waals surface area contributed by atoms with Crippen LogP contribution in [-0.2, 0) is 6.54 Å². The van der Waals surface area contributed by atoms with Crippen LogP contribution in [0.4, 0.5) is 4.39 Å². The molecule has 0 saturated heterocycles. The topological polar surface area (TPSA) is 17.8 Å². The van der Waals surface area contributed by atoms with Crippen molar-refractivity contribution in [2.45, 2.75) is 64.8 Å². The number of hydrogen-bond acceptors (Lipinski definition) is 1. The average Bonchev–Trinajstić information content (AvgIpc) is 3.03. The van der Waals surface area contributed by atoms with Crippen LogP contribution in [0, 0.1) is 5.82 Å². The van der Waals surface area contributed by atoms with Gasteiger partial charge < -0.3 is 4.57 Å². The fourth-order valence-corrected chi connectivity index (χ4v) is 3.52. The van der Waals surface area contributed by atoms with Gasteiger partial charge in [-0.3, -0.25) is 0 Å². The quantitative estimate of drug-likeness (QED) is 0.360. The van der Waals surface area contributed by atoms with Crippen LogP contribution in [0.15, 0.2) is 48.5 Å². The van der Waals surface area contributed by atoms with Gasteiger partial charge in [-0.15, -0.1) is 0 Å². The van der Waals surface area contributed by atoms with Gasteiger partial charge in [-0.25, -0.2) is 9.37 Å².